The van der Waals surface area contributed by atoms with Gasteiger partial charge >= 0.3 is 0 Å². The minimum atomic E-state index is -1.30. The van der Waals surface area contributed by atoms with Crippen LogP contribution >= 0.6 is 0 Å². The van der Waals surface area contributed by atoms with Gasteiger partial charge in [-0.3, -0.25) is 4.79 Å². The summed E-state index contributed by atoms with van der Waals surface area (Å²) in [5, 5.41) is 11.8. The van der Waals surface area contributed by atoms with Gasteiger partial charge in [0.15, 0.2) is 23.2 Å². The summed E-state index contributed by atoms with van der Waals surface area (Å²) in [5.74, 6) is -4.31. The first-order valence-electron chi connectivity index (χ1n) is 5.70. The number of halogens is 3. The number of hydrogen-bond donors (Lipinski definition) is 2. The highest BCUT2D eigenvalue weighted by Gasteiger charge is 2.36. The van der Waals surface area contributed by atoms with Gasteiger partial charge in [0.2, 0.25) is 0 Å². The molecule has 19 heavy (non-hydrogen) atoms. The molecule has 2 rings (SSSR count). The number of carbonyl (C=O) groups excluding carboxylic acids is 1. The van der Waals surface area contributed by atoms with Gasteiger partial charge in [0.1, 0.15) is 6.17 Å². The molecule has 1 saturated carbocycles. The van der Waals surface area contributed by atoms with Gasteiger partial charge < -0.3 is 10.4 Å². The molecule has 2 N–H and O–H groups in total. The molecule has 3 nitrogen and oxygen atoms in total. The van der Waals surface area contributed by atoms with Crippen molar-refractivity contribution in [2.75, 3.05) is 0 Å². The van der Waals surface area contributed by atoms with Gasteiger partial charge in [-0.2, -0.15) is 0 Å². The molecule has 102 valence electrons. The lowest BCUT2D eigenvalue weighted by molar-refractivity contribution is 0.102. The van der Waals surface area contributed by atoms with Gasteiger partial charge in [0.25, 0.3) is 0 Å². The Morgan fingerprint density at radius 3 is 2.68 bits per heavy atom. The van der Waals surface area contributed by atoms with E-state index in [9.17, 15) is 18.0 Å². The normalized spacial score (nSPS) is 22.2. The Morgan fingerprint density at radius 1 is 1.47 bits per heavy atom. The smallest absolute Gasteiger partial charge is 0.193 e. The maximum atomic E-state index is 13.5. The quantitative estimate of drug-likeness (QED) is 0.653. The first-order valence-corrected chi connectivity index (χ1v) is 5.70. The number of Topliss-reactive ketones (excluding diaryl/α,β-unsaturated/α-hetero) is 1. The molecule has 2 atom stereocenters. The first kappa shape index (κ1) is 13.5. The molecule has 6 heteroatoms. The number of alkyl halides is 1. The van der Waals surface area contributed by atoms with Gasteiger partial charge in [0.05, 0.1) is 11.6 Å². The lowest BCUT2D eigenvalue weighted by Gasteiger charge is -2.06. The van der Waals surface area contributed by atoms with Crippen molar-refractivity contribution in [1.29, 1.82) is 0 Å². The summed E-state index contributed by atoms with van der Waals surface area (Å²) in [4.78, 5) is 11.9. The van der Waals surface area contributed by atoms with Gasteiger partial charge in [0, 0.05) is 18.2 Å². The molecule has 0 aromatic heterocycles. The number of benzene rings is 1. The molecule has 0 saturated heterocycles. The van der Waals surface area contributed by atoms with Crippen LogP contribution in [-0.4, -0.2) is 23.1 Å². The van der Waals surface area contributed by atoms with Crippen LogP contribution < -0.4 is 5.32 Å². The number of rotatable bonds is 4. The molecule has 1 aromatic carbocycles. The Morgan fingerprint density at radius 2 is 2.11 bits per heavy atom. The van der Waals surface area contributed by atoms with Crippen molar-refractivity contribution in [1.82, 2.24) is 5.32 Å². The minimum absolute atomic E-state index is 0.143. The minimum Gasteiger partial charge on any atom is -0.503 e. The van der Waals surface area contributed by atoms with Crippen LogP contribution in [0.3, 0.4) is 0 Å². The molecular weight excluding hydrogens is 259 g/mol. The lowest BCUT2D eigenvalue weighted by atomic mass is 10.0. The fourth-order valence-electron chi connectivity index (χ4n) is 1.56. The van der Waals surface area contributed by atoms with E-state index in [1.165, 1.54) is 13.1 Å². The molecule has 1 aromatic rings. The van der Waals surface area contributed by atoms with Gasteiger partial charge in [-0.15, -0.1) is 0 Å². The highest BCUT2D eigenvalue weighted by atomic mass is 19.1. The summed E-state index contributed by atoms with van der Waals surface area (Å²) in [7, 11) is 0. The third-order valence-corrected chi connectivity index (χ3v) is 2.90. The average Bonchev–Trinajstić information content (AvgIpc) is 3.08. The van der Waals surface area contributed by atoms with Crippen LogP contribution in [0.1, 0.15) is 23.7 Å². The van der Waals surface area contributed by atoms with Crippen molar-refractivity contribution in [2.24, 2.45) is 0 Å². The molecule has 0 bridgehead atoms. The number of nitrogens with one attached hydrogen (secondary N) is 1. The largest absolute Gasteiger partial charge is 0.503 e. The first-order chi connectivity index (χ1) is 8.91. The van der Waals surface area contributed by atoms with Gasteiger partial charge in [-0.1, -0.05) is 0 Å². The zero-order chi connectivity index (χ0) is 14.2. The molecule has 0 aliphatic heterocycles. The molecule has 0 radical (unpaired) electrons. The van der Waals surface area contributed by atoms with Crippen LogP contribution in [0, 0.1) is 11.6 Å². The van der Waals surface area contributed by atoms with Crippen molar-refractivity contribution in [2.45, 2.75) is 25.6 Å². The number of phenolic OH excluding ortho intramolecular Hbond substituents is 1. The lowest BCUT2D eigenvalue weighted by Crippen LogP contribution is -2.14. The molecule has 1 aliphatic rings. The number of aromatic hydroxyl groups is 1. The molecule has 1 fully saturated rings. The summed E-state index contributed by atoms with van der Waals surface area (Å²) in [6.45, 7) is 1.42. The summed E-state index contributed by atoms with van der Waals surface area (Å²) in [6, 6.07) is 1.46. The predicted octanol–water partition coefficient (Wildman–Crippen LogP) is 2.46. The van der Waals surface area contributed by atoms with Crippen LogP contribution in [0.15, 0.2) is 23.9 Å². The van der Waals surface area contributed by atoms with Crippen LogP contribution in [0.25, 0.3) is 0 Å². The maximum absolute atomic E-state index is 13.5. The van der Waals surface area contributed by atoms with E-state index in [0.29, 0.717) is 6.42 Å². The molecule has 0 amide bonds. The number of carbonyl (C=O) groups is 1. The van der Waals surface area contributed by atoms with Crippen LogP contribution in [0.2, 0.25) is 0 Å². The monoisotopic (exact) mass is 271 g/mol. The van der Waals surface area contributed by atoms with E-state index in [0.717, 1.165) is 12.1 Å². The second kappa shape index (κ2) is 4.95. The Bertz CT molecular complexity index is 557. The van der Waals surface area contributed by atoms with Crippen molar-refractivity contribution >= 4 is 5.78 Å². The second-order valence-corrected chi connectivity index (χ2v) is 4.44. The van der Waals surface area contributed by atoms with Crippen molar-refractivity contribution in [3.63, 3.8) is 0 Å². The number of hydrogen-bond acceptors (Lipinski definition) is 3. The zero-order valence-corrected chi connectivity index (χ0v) is 10.1. The standard InChI is InChI=1S/C13H12F3NO2/c1-6(5-17-10-4-9(10)15)12(18)7-2-3-8(14)13(19)11(7)16/h2-3,5,9-10,17,19H,4H2,1H3/t9-,10+/m0/s1. The van der Waals surface area contributed by atoms with Crippen molar-refractivity contribution < 1.29 is 23.1 Å². The fourth-order valence-corrected chi connectivity index (χ4v) is 1.56. The second-order valence-electron chi connectivity index (χ2n) is 4.44. The topological polar surface area (TPSA) is 49.3 Å². The molecular formula is C13H12F3NO2. The van der Waals surface area contributed by atoms with E-state index >= 15 is 0 Å². The Hall–Kier alpha value is -1.98. The van der Waals surface area contributed by atoms with Gasteiger partial charge in [-0.25, -0.2) is 13.2 Å². The number of ketones is 1. The summed E-state index contributed by atoms with van der Waals surface area (Å²) in [6.07, 6.45) is 0.751. The van der Waals surface area contributed by atoms with Crippen LogP contribution in [0.5, 0.6) is 5.75 Å². The van der Waals surface area contributed by atoms with Crippen LogP contribution in [-0.2, 0) is 0 Å². The third kappa shape index (κ3) is 2.72. The Balaban J connectivity index is 2.17. The Kier molecular flexibility index (Phi) is 3.50. The average molecular weight is 271 g/mol. The number of allylic oxidation sites excluding steroid dienone is 1. The Labute approximate surface area is 107 Å². The molecule has 0 unspecified atom stereocenters. The zero-order valence-electron chi connectivity index (χ0n) is 10.1. The van der Waals surface area contributed by atoms with E-state index in [1.807, 2.05) is 0 Å². The van der Waals surface area contributed by atoms with Crippen molar-refractivity contribution in [3.05, 3.63) is 41.1 Å². The molecule has 1 aliphatic carbocycles. The third-order valence-electron chi connectivity index (χ3n) is 2.90. The van der Waals surface area contributed by atoms with E-state index < -0.39 is 34.9 Å². The SMILES string of the molecule is CC(=CN[C@@H]1C[C@@H]1F)C(=O)c1ccc(F)c(O)c1F. The van der Waals surface area contributed by atoms with E-state index in [2.05, 4.69) is 5.32 Å². The highest BCUT2D eigenvalue weighted by molar-refractivity contribution is 6.08. The summed E-state index contributed by atoms with van der Waals surface area (Å²) < 4.78 is 39.0. The summed E-state index contributed by atoms with van der Waals surface area (Å²) in [5.41, 5.74) is -0.286. The van der Waals surface area contributed by atoms with Crippen molar-refractivity contribution in [3.8, 4) is 5.75 Å². The molecule has 0 heterocycles. The van der Waals surface area contributed by atoms with Gasteiger partial charge in [-0.05, 0) is 19.1 Å². The van der Waals surface area contributed by atoms with E-state index in [1.54, 1.807) is 0 Å². The van der Waals surface area contributed by atoms with Crippen LogP contribution in [0.4, 0.5) is 13.2 Å². The van der Waals surface area contributed by atoms with E-state index in [4.69, 9.17) is 5.11 Å². The fraction of sp³-hybridized carbons (Fsp3) is 0.308. The molecule has 0 spiro atoms. The summed E-state index contributed by atoms with van der Waals surface area (Å²) >= 11 is 0. The maximum Gasteiger partial charge on any atom is 0.193 e. The highest BCUT2D eigenvalue weighted by Crippen LogP contribution is 2.26. The number of phenols is 1. The van der Waals surface area contributed by atoms with E-state index in [-0.39, 0.29) is 11.6 Å². The predicted molar refractivity (Wildman–Crippen MR) is 62.5 cm³/mol.